The molecule has 0 fully saturated rings. The standard InChI is InChI=1S/C14H23NO5S/c1-18-10-8-15(9-11-19-2)21(16,17)12-13-4-6-14(20-3)7-5-13/h4-7H,8-12H2,1-3H3. The number of sulfonamides is 1. The van der Waals surface area contributed by atoms with Gasteiger partial charge in [0.2, 0.25) is 10.0 Å². The number of rotatable bonds is 10. The van der Waals surface area contributed by atoms with Crippen molar-refractivity contribution in [2.75, 3.05) is 47.6 Å². The molecule has 0 aliphatic rings. The number of benzene rings is 1. The first-order valence-corrected chi connectivity index (χ1v) is 8.23. The molecule has 0 aromatic heterocycles. The van der Waals surface area contributed by atoms with Gasteiger partial charge in [-0.3, -0.25) is 0 Å². The minimum absolute atomic E-state index is 0.0512. The molecule has 0 amide bonds. The lowest BCUT2D eigenvalue weighted by atomic mass is 10.2. The second kappa shape index (κ2) is 8.99. The fourth-order valence-electron chi connectivity index (χ4n) is 1.80. The Morgan fingerprint density at radius 1 is 0.952 bits per heavy atom. The Bertz CT molecular complexity index is 493. The van der Waals surface area contributed by atoms with Crippen LogP contribution in [0.3, 0.4) is 0 Å². The van der Waals surface area contributed by atoms with Gasteiger partial charge in [-0.2, -0.15) is 4.31 Å². The van der Waals surface area contributed by atoms with Crippen molar-refractivity contribution in [2.45, 2.75) is 5.75 Å². The highest BCUT2D eigenvalue weighted by molar-refractivity contribution is 7.88. The van der Waals surface area contributed by atoms with E-state index in [-0.39, 0.29) is 5.75 Å². The number of ether oxygens (including phenoxy) is 3. The zero-order valence-corrected chi connectivity index (χ0v) is 13.6. The lowest BCUT2D eigenvalue weighted by molar-refractivity contribution is 0.150. The molecule has 21 heavy (non-hydrogen) atoms. The van der Waals surface area contributed by atoms with Gasteiger partial charge in [0.15, 0.2) is 0 Å². The predicted octanol–water partition coefficient (Wildman–Crippen LogP) is 1.12. The summed E-state index contributed by atoms with van der Waals surface area (Å²) < 4.78 is 41.3. The highest BCUT2D eigenvalue weighted by atomic mass is 32.2. The van der Waals surface area contributed by atoms with Crippen molar-refractivity contribution >= 4 is 10.0 Å². The summed E-state index contributed by atoms with van der Waals surface area (Å²) in [5.74, 6) is 0.650. The molecule has 0 N–H and O–H groups in total. The SMILES string of the molecule is COCCN(CCOC)S(=O)(=O)Cc1ccc(OC)cc1. The summed E-state index contributed by atoms with van der Waals surface area (Å²) in [6.07, 6.45) is 0. The molecule has 0 unspecified atom stereocenters. The highest BCUT2D eigenvalue weighted by Crippen LogP contribution is 2.15. The number of hydrogen-bond acceptors (Lipinski definition) is 5. The zero-order valence-electron chi connectivity index (χ0n) is 12.7. The fraction of sp³-hybridized carbons (Fsp3) is 0.571. The van der Waals surface area contributed by atoms with Crippen LogP contribution in [0.25, 0.3) is 0 Å². The van der Waals surface area contributed by atoms with Gasteiger partial charge >= 0.3 is 0 Å². The fourth-order valence-corrected chi connectivity index (χ4v) is 3.30. The van der Waals surface area contributed by atoms with Crippen LogP contribution in [0.15, 0.2) is 24.3 Å². The monoisotopic (exact) mass is 317 g/mol. The van der Waals surface area contributed by atoms with Crippen LogP contribution in [0.2, 0.25) is 0 Å². The third-order valence-corrected chi connectivity index (χ3v) is 4.84. The van der Waals surface area contributed by atoms with Gasteiger partial charge < -0.3 is 14.2 Å². The van der Waals surface area contributed by atoms with Gasteiger partial charge in [-0.1, -0.05) is 12.1 Å². The Morgan fingerprint density at radius 3 is 1.90 bits per heavy atom. The summed E-state index contributed by atoms with van der Waals surface area (Å²) in [4.78, 5) is 0. The van der Waals surface area contributed by atoms with Crippen molar-refractivity contribution in [1.82, 2.24) is 4.31 Å². The van der Waals surface area contributed by atoms with E-state index >= 15 is 0 Å². The molecule has 1 aromatic rings. The zero-order chi connectivity index (χ0) is 15.7. The predicted molar refractivity (Wildman–Crippen MR) is 80.9 cm³/mol. The summed E-state index contributed by atoms with van der Waals surface area (Å²) in [7, 11) is 1.26. The molecule has 7 heteroatoms. The number of nitrogens with zero attached hydrogens (tertiary/aromatic N) is 1. The van der Waals surface area contributed by atoms with Crippen molar-refractivity contribution < 1.29 is 22.6 Å². The van der Waals surface area contributed by atoms with Crippen LogP contribution in [0.4, 0.5) is 0 Å². The molecule has 0 radical (unpaired) electrons. The molecule has 120 valence electrons. The third-order valence-electron chi connectivity index (χ3n) is 2.99. The van der Waals surface area contributed by atoms with Gasteiger partial charge in [0.05, 0.1) is 26.1 Å². The van der Waals surface area contributed by atoms with E-state index in [2.05, 4.69) is 0 Å². The van der Waals surface area contributed by atoms with Crippen molar-refractivity contribution in [3.8, 4) is 5.75 Å². The Kier molecular flexibility index (Phi) is 7.66. The minimum Gasteiger partial charge on any atom is -0.497 e. The molecule has 0 heterocycles. The molecular weight excluding hydrogens is 294 g/mol. The van der Waals surface area contributed by atoms with E-state index in [0.717, 1.165) is 5.56 Å². The molecule has 1 rings (SSSR count). The maximum Gasteiger partial charge on any atom is 0.218 e. The average Bonchev–Trinajstić information content (AvgIpc) is 2.47. The van der Waals surface area contributed by atoms with E-state index in [1.54, 1.807) is 45.6 Å². The van der Waals surface area contributed by atoms with Crippen LogP contribution in [-0.4, -0.2) is 60.4 Å². The van der Waals surface area contributed by atoms with Gasteiger partial charge in [0.25, 0.3) is 0 Å². The number of methoxy groups -OCH3 is 3. The van der Waals surface area contributed by atoms with Crippen molar-refractivity contribution in [3.63, 3.8) is 0 Å². The van der Waals surface area contributed by atoms with Gasteiger partial charge in [-0.25, -0.2) is 8.42 Å². The quantitative estimate of drug-likeness (QED) is 0.647. The van der Waals surface area contributed by atoms with Crippen molar-refractivity contribution in [1.29, 1.82) is 0 Å². The Morgan fingerprint density at radius 2 is 1.48 bits per heavy atom. The topological polar surface area (TPSA) is 65.1 Å². The largest absolute Gasteiger partial charge is 0.497 e. The van der Waals surface area contributed by atoms with Crippen molar-refractivity contribution in [2.24, 2.45) is 0 Å². The molecule has 0 spiro atoms. The maximum atomic E-state index is 12.4. The molecule has 1 aromatic carbocycles. The average molecular weight is 317 g/mol. The van der Waals surface area contributed by atoms with E-state index in [1.807, 2.05) is 0 Å². The van der Waals surface area contributed by atoms with Gasteiger partial charge in [0, 0.05) is 27.3 Å². The lowest BCUT2D eigenvalue weighted by Gasteiger charge is -2.21. The second-order valence-electron chi connectivity index (χ2n) is 4.49. The first kappa shape index (κ1) is 17.9. The highest BCUT2D eigenvalue weighted by Gasteiger charge is 2.22. The molecule has 0 atom stereocenters. The Labute approximate surface area is 126 Å². The van der Waals surface area contributed by atoms with Crippen LogP contribution in [-0.2, 0) is 25.2 Å². The molecule has 0 saturated heterocycles. The first-order chi connectivity index (χ1) is 10.0. The van der Waals surface area contributed by atoms with Gasteiger partial charge in [-0.05, 0) is 17.7 Å². The van der Waals surface area contributed by atoms with Crippen LogP contribution >= 0.6 is 0 Å². The second-order valence-corrected chi connectivity index (χ2v) is 6.46. The van der Waals surface area contributed by atoms with E-state index in [0.29, 0.717) is 32.1 Å². The summed E-state index contributed by atoms with van der Waals surface area (Å²) >= 11 is 0. The molecule has 6 nitrogen and oxygen atoms in total. The van der Waals surface area contributed by atoms with E-state index in [4.69, 9.17) is 14.2 Å². The normalized spacial score (nSPS) is 11.8. The number of hydrogen-bond donors (Lipinski definition) is 0. The minimum atomic E-state index is -3.41. The lowest BCUT2D eigenvalue weighted by Crippen LogP contribution is -2.37. The summed E-state index contributed by atoms with van der Waals surface area (Å²) in [6, 6.07) is 7.00. The van der Waals surface area contributed by atoms with E-state index < -0.39 is 10.0 Å². The maximum absolute atomic E-state index is 12.4. The Balaban J connectivity index is 2.77. The molecule has 0 aliphatic heterocycles. The Hall–Kier alpha value is -1.15. The summed E-state index contributed by atoms with van der Waals surface area (Å²) in [5.41, 5.74) is 0.718. The molecule has 0 saturated carbocycles. The first-order valence-electron chi connectivity index (χ1n) is 6.62. The van der Waals surface area contributed by atoms with E-state index in [1.165, 1.54) is 4.31 Å². The van der Waals surface area contributed by atoms with Crippen LogP contribution in [0, 0.1) is 0 Å². The van der Waals surface area contributed by atoms with Crippen LogP contribution in [0.5, 0.6) is 5.75 Å². The molecule has 0 bridgehead atoms. The molecular formula is C14H23NO5S. The molecule has 0 aliphatic carbocycles. The van der Waals surface area contributed by atoms with E-state index in [9.17, 15) is 8.42 Å². The third kappa shape index (κ3) is 6.01. The van der Waals surface area contributed by atoms with Crippen LogP contribution < -0.4 is 4.74 Å². The van der Waals surface area contributed by atoms with Gasteiger partial charge in [0.1, 0.15) is 5.75 Å². The summed E-state index contributed by atoms with van der Waals surface area (Å²) in [5, 5.41) is 0. The summed E-state index contributed by atoms with van der Waals surface area (Å²) in [6.45, 7) is 1.34. The van der Waals surface area contributed by atoms with Gasteiger partial charge in [-0.15, -0.1) is 0 Å². The van der Waals surface area contributed by atoms with Crippen LogP contribution in [0.1, 0.15) is 5.56 Å². The smallest absolute Gasteiger partial charge is 0.218 e. The van der Waals surface area contributed by atoms with Crippen molar-refractivity contribution in [3.05, 3.63) is 29.8 Å².